The Balaban J connectivity index is 1.94. The number of ether oxygens (including phenoxy) is 1. The Hall–Kier alpha value is -2.24. The van der Waals surface area contributed by atoms with Crippen LogP contribution in [0.25, 0.3) is 0 Å². The standard InChI is InChI=1S/C16H23N3O3/c1-11(2)9-17-16(21)18-12-7-15(20)19(10-12)13-5-4-6-14(8-13)22-3/h4-6,8,11-12H,7,9-10H2,1-3H3,(H2,17,18,21)/t12-/m0/s1. The van der Waals surface area contributed by atoms with Crippen LogP contribution in [0.4, 0.5) is 10.5 Å². The molecular formula is C16H23N3O3. The molecule has 0 spiro atoms. The maximum atomic E-state index is 12.1. The maximum Gasteiger partial charge on any atom is 0.315 e. The molecule has 120 valence electrons. The second-order valence-corrected chi connectivity index (χ2v) is 5.86. The molecule has 6 heteroatoms. The largest absolute Gasteiger partial charge is 0.497 e. The van der Waals surface area contributed by atoms with Crippen molar-refractivity contribution >= 4 is 17.6 Å². The molecule has 1 aromatic carbocycles. The number of methoxy groups -OCH3 is 1. The second kappa shape index (κ2) is 7.15. The summed E-state index contributed by atoms with van der Waals surface area (Å²) in [6, 6.07) is 6.96. The number of amides is 3. The van der Waals surface area contributed by atoms with E-state index in [9.17, 15) is 9.59 Å². The molecule has 0 unspecified atom stereocenters. The van der Waals surface area contributed by atoms with Gasteiger partial charge in [-0.1, -0.05) is 19.9 Å². The van der Waals surface area contributed by atoms with Crippen LogP contribution in [0.3, 0.4) is 0 Å². The van der Waals surface area contributed by atoms with Crippen LogP contribution in [-0.2, 0) is 4.79 Å². The van der Waals surface area contributed by atoms with Crippen LogP contribution in [0.15, 0.2) is 24.3 Å². The lowest BCUT2D eigenvalue weighted by Crippen LogP contribution is -2.44. The third-order valence-electron chi connectivity index (χ3n) is 3.50. The van der Waals surface area contributed by atoms with Crippen molar-refractivity contribution in [3.63, 3.8) is 0 Å². The number of carbonyl (C=O) groups excluding carboxylic acids is 2. The number of hydrogen-bond donors (Lipinski definition) is 2. The van der Waals surface area contributed by atoms with Crippen molar-refractivity contribution < 1.29 is 14.3 Å². The fourth-order valence-electron chi connectivity index (χ4n) is 2.37. The van der Waals surface area contributed by atoms with E-state index < -0.39 is 0 Å². The van der Waals surface area contributed by atoms with Crippen molar-refractivity contribution in [1.82, 2.24) is 10.6 Å². The van der Waals surface area contributed by atoms with Gasteiger partial charge in [-0.3, -0.25) is 4.79 Å². The maximum absolute atomic E-state index is 12.1. The SMILES string of the molecule is COc1cccc(N2C[C@@H](NC(=O)NCC(C)C)CC2=O)c1. The third kappa shape index (κ3) is 4.13. The Morgan fingerprint density at radius 1 is 1.45 bits per heavy atom. The van der Waals surface area contributed by atoms with Crippen molar-refractivity contribution in [3.8, 4) is 5.75 Å². The summed E-state index contributed by atoms with van der Waals surface area (Å²) in [6.45, 7) is 5.15. The Kier molecular flexibility index (Phi) is 5.25. The molecule has 6 nitrogen and oxygen atoms in total. The lowest BCUT2D eigenvalue weighted by atomic mass is 10.2. The van der Waals surface area contributed by atoms with Gasteiger partial charge < -0.3 is 20.3 Å². The van der Waals surface area contributed by atoms with Gasteiger partial charge in [0.2, 0.25) is 5.91 Å². The molecule has 0 radical (unpaired) electrons. The predicted octanol–water partition coefficient (Wildman–Crippen LogP) is 1.76. The number of urea groups is 1. The van der Waals surface area contributed by atoms with Crippen molar-refractivity contribution in [3.05, 3.63) is 24.3 Å². The molecule has 1 aliphatic rings. The third-order valence-corrected chi connectivity index (χ3v) is 3.50. The second-order valence-electron chi connectivity index (χ2n) is 5.86. The molecular weight excluding hydrogens is 282 g/mol. The average molecular weight is 305 g/mol. The van der Waals surface area contributed by atoms with Gasteiger partial charge in [-0.05, 0) is 18.1 Å². The number of benzene rings is 1. The summed E-state index contributed by atoms with van der Waals surface area (Å²) < 4.78 is 5.18. The van der Waals surface area contributed by atoms with Crippen LogP contribution in [0.5, 0.6) is 5.75 Å². The van der Waals surface area contributed by atoms with Gasteiger partial charge >= 0.3 is 6.03 Å². The van der Waals surface area contributed by atoms with E-state index in [1.54, 1.807) is 12.0 Å². The topological polar surface area (TPSA) is 70.7 Å². The van der Waals surface area contributed by atoms with Crippen molar-refractivity contribution in [2.24, 2.45) is 5.92 Å². The first-order valence-corrected chi connectivity index (χ1v) is 7.48. The summed E-state index contributed by atoms with van der Waals surface area (Å²) >= 11 is 0. The van der Waals surface area contributed by atoms with Crippen LogP contribution in [-0.4, -0.2) is 38.2 Å². The molecule has 1 atom stereocenters. The molecule has 1 aliphatic heterocycles. The van der Waals surface area contributed by atoms with Crippen LogP contribution in [0.1, 0.15) is 20.3 Å². The highest BCUT2D eigenvalue weighted by Crippen LogP contribution is 2.25. The molecule has 0 aliphatic carbocycles. The number of rotatable bonds is 5. The van der Waals surface area contributed by atoms with E-state index in [4.69, 9.17) is 4.74 Å². The molecule has 2 rings (SSSR count). The van der Waals surface area contributed by atoms with Gasteiger partial charge in [0.05, 0.1) is 13.2 Å². The molecule has 1 aromatic rings. The predicted molar refractivity (Wildman–Crippen MR) is 85.1 cm³/mol. The normalized spacial score (nSPS) is 17.7. The van der Waals surface area contributed by atoms with Crippen LogP contribution in [0, 0.1) is 5.92 Å². The fraction of sp³-hybridized carbons (Fsp3) is 0.500. The summed E-state index contributed by atoms with van der Waals surface area (Å²) in [5.41, 5.74) is 0.788. The number of carbonyl (C=O) groups is 2. The zero-order chi connectivity index (χ0) is 16.1. The van der Waals surface area contributed by atoms with Crippen LogP contribution in [0.2, 0.25) is 0 Å². The van der Waals surface area contributed by atoms with Crippen LogP contribution >= 0.6 is 0 Å². The fourth-order valence-corrected chi connectivity index (χ4v) is 2.37. The summed E-state index contributed by atoms with van der Waals surface area (Å²) in [5, 5.41) is 5.65. The van der Waals surface area contributed by atoms with Gasteiger partial charge in [-0.2, -0.15) is 0 Å². The Labute approximate surface area is 130 Å². The highest BCUT2D eigenvalue weighted by molar-refractivity contribution is 5.97. The monoisotopic (exact) mass is 305 g/mol. The van der Waals surface area contributed by atoms with Gasteiger partial charge in [0, 0.05) is 31.3 Å². The summed E-state index contributed by atoms with van der Waals surface area (Å²) in [5.74, 6) is 1.10. The highest BCUT2D eigenvalue weighted by Gasteiger charge is 2.31. The summed E-state index contributed by atoms with van der Waals surface area (Å²) in [4.78, 5) is 25.6. The Morgan fingerprint density at radius 2 is 2.23 bits per heavy atom. The molecule has 3 amide bonds. The van der Waals surface area contributed by atoms with Crippen molar-refractivity contribution in [1.29, 1.82) is 0 Å². The molecule has 0 aromatic heterocycles. The van der Waals surface area contributed by atoms with E-state index >= 15 is 0 Å². The molecule has 0 saturated carbocycles. The van der Waals surface area contributed by atoms with Crippen molar-refractivity contribution in [2.45, 2.75) is 26.3 Å². The van der Waals surface area contributed by atoms with E-state index in [-0.39, 0.29) is 18.0 Å². The highest BCUT2D eigenvalue weighted by atomic mass is 16.5. The first-order chi connectivity index (χ1) is 10.5. The summed E-state index contributed by atoms with van der Waals surface area (Å²) in [6.07, 6.45) is 0.312. The number of nitrogens with zero attached hydrogens (tertiary/aromatic N) is 1. The van der Waals surface area contributed by atoms with E-state index in [1.165, 1.54) is 0 Å². The van der Waals surface area contributed by atoms with Gasteiger partial charge in [-0.15, -0.1) is 0 Å². The molecule has 22 heavy (non-hydrogen) atoms. The Morgan fingerprint density at radius 3 is 2.91 bits per heavy atom. The van der Waals surface area contributed by atoms with Gasteiger partial charge in [0.25, 0.3) is 0 Å². The zero-order valence-corrected chi connectivity index (χ0v) is 13.3. The smallest absolute Gasteiger partial charge is 0.315 e. The van der Waals surface area contributed by atoms with Gasteiger partial charge in [-0.25, -0.2) is 4.79 Å². The summed E-state index contributed by atoms with van der Waals surface area (Å²) in [7, 11) is 1.59. The molecule has 0 bridgehead atoms. The number of anilines is 1. The zero-order valence-electron chi connectivity index (χ0n) is 13.3. The lowest BCUT2D eigenvalue weighted by molar-refractivity contribution is -0.117. The minimum Gasteiger partial charge on any atom is -0.497 e. The number of hydrogen-bond acceptors (Lipinski definition) is 3. The minimum absolute atomic E-state index is 0.00223. The molecule has 1 saturated heterocycles. The van der Waals surface area contributed by atoms with Crippen molar-refractivity contribution in [2.75, 3.05) is 25.1 Å². The minimum atomic E-state index is -0.223. The van der Waals surface area contributed by atoms with E-state index in [0.717, 1.165) is 5.69 Å². The first-order valence-electron chi connectivity index (χ1n) is 7.48. The molecule has 2 N–H and O–H groups in total. The van der Waals surface area contributed by atoms with Gasteiger partial charge in [0.15, 0.2) is 0 Å². The van der Waals surface area contributed by atoms with E-state index in [1.807, 2.05) is 38.1 Å². The quantitative estimate of drug-likeness (QED) is 0.871. The molecule has 1 fully saturated rings. The van der Waals surface area contributed by atoms with Crippen LogP contribution < -0.4 is 20.3 Å². The molecule has 1 heterocycles. The van der Waals surface area contributed by atoms with E-state index in [2.05, 4.69) is 10.6 Å². The van der Waals surface area contributed by atoms with E-state index in [0.29, 0.717) is 31.2 Å². The average Bonchev–Trinajstić information content (AvgIpc) is 2.85. The van der Waals surface area contributed by atoms with Gasteiger partial charge in [0.1, 0.15) is 5.75 Å². The Bertz CT molecular complexity index is 545. The lowest BCUT2D eigenvalue weighted by Gasteiger charge is -2.18. The number of nitrogens with one attached hydrogen (secondary N) is 2. The first kappa shape index (κ1) is 16.1.